The Labute approximate surface area is 115 Å². The topological polar surface area (TPSA) is 107 Å². The fourth-order valence-corrected chi connectivity index (χ4v) is 2.29. The van der Waals surface area contributed by atoms with E-state index < -0.39 is 24.0 Å². The van der Waals surface area contributed by atoms with Gasteiger partial charge in [-0.2, -0.15) is 0 Å². The van der Waals surface area contributed by atoms with E-state index in [4.69, 9.17) is 9.84 Å². The smallest absolute Gasteiger partial charge is 0.326 e. The highest BCUT2D eigenvalue weighted by atomic mass is 16.5. The molecule has 1 heterocycles. The number of carbonyl (C=O) groups is 2. The van der Waals surface area contributed by atoms with Gasteiger partial charge in [0, 0.05) is 13.0 Å². The Morgan fingerprint density at radius 2 is 2.10 bits per heavy atom. The van der Waals surface area contributed by atoms with Crippen LogP contribution in [-0.4, -0.2) is 57.9 Å². The third kappa shape index (κ3) is 2.39. The van der Waals surface area contributed by atoms with E-state index >= 15 is 0 Å². The Balaban J connectivity index is 2.34. The zero-order valence-corrected chi connectivity index (χ0v) is 10.8. The van der Waals surface area contributed by atoms with Gasteiger partial charge in [-0.05, 0) is 12.1 Å². The Morgan fingerprint density at radius 3 is 2.70 bits per heavy atom. The van der Waals surface area contributed by atoms with Crippen molar-refractivity contribution >= 4 is 11.9 Å². The quantitative estimate of drug-likeness (QED) is 0.723. The lowest BCUT2D eigenvalue weighted by Gasteiger charge is -2.21. The number of phenols is 1. The molecule has 108 valence electrons. The summed E-state index contributed by atoms with van der Waals surface area (Å²) in [5, 5.41) is 28.5. The first-order valence-corrected chi connectivity index (χ1v) is 6.03. The Morgan fingerprint density at radius 1 is 1.40 bits per heavy atom. The van der Waals surface area contributed by atoms with Crippen molar-refractivity contribution in [2.45, 2.75) is 18.6 Å². The fraction of sp³-hybridized carbons (Fsp3) is 0.385. The number of ether oxygens (including phenoxy) is 1. The molecule has 1 fully saturated rings. The van der Waals surface area contributed by atoms with Gasteiger partial charge in [-0.15, -0.1) is 0 Å². The largest absolute Gasteiger partial charge is 0.504 e. The number of carboxylic acid groups (broad SMARTS) is 1. The van der Waals surface area contributed by atoms with Gasteiger partial charge in [0.15, 0.2) is 11.5 Å². The lowest BCUT2D eigenvalue weighted by atomic mass is 10.1. The molecule has 1 amide bonds. The summed E-state index contributed by atoms with van der Waals surface area (Å²) in [6.45, 7) is -0.0769. The van der Waals surface area contributed by atoms with Crippen LogP contribution in [-0.2, 0) is 4.79 Å². The van der Waals surface area contributed by atoms with E-state index in [1.807, 2.05) is 0 Å². The molecule has 1 aliphatic rings. The first-order valence-electron chi connectivity index (χ1n) is 6.03. The average Bonchev–Trinajstić information content (AvgIpc) is 2.80. The summed E-state index contributed by atoms with van der Waals surface area (Å²) in [5.74, 6) is -2.05. The van der Waals surface area contributed by atoms with Crippen molar-refractivity contribution in [3.8, 4) is 11.5 Å². The number of hydrogen-bond donors (Lipinski definition) is 3. The van der Waals surface area contributed by atoms with Crippen LogP contribution in [0, 0.1) is 0 Å². The standard InChI is InChI=1S/C13H15NO6/c1-20-10-4-2-3-8(11(10)16)12(17)14-6-7(15)5-9(14)13(18)19/h2-4,7,9,15-16H,5-6H2,1H3,(H,18,19)/t7-,9+/m1/s1. The number of carboxylic acids is 1. The number of aliphatic carboxylic acids is 1. The Kier molecular flexibility index (Phi) is 3.80. The molecule has 0 spiro atoms. The number of methoxy groups -OCH3 is 1. The number of benzene rings is 1. The second-order valence-corrected chi connectivity index (χ2v) is 4.56. The molecular weight excluding hydrogens is 266 g/mol. The van der Waals surface area contributed by atoms with E-state index in [0.29, 0.717) is 0 Å². The number of nitrogens with zero attached hydrogens (tertiary/aromatic N) is 1. The van der Waals surface area contributed by atoms with Gasteiger partial charge in [-0.3, -0.25) is 4.79 Å². The SMILES string of the molecule is COc1cccc(C(=O)N2C[C@H](O)C[C@H]2C(=O)O)c1O. The van der Waals surface area contributed by atoms with Gasteiger partial charge in [-0.25, -0.2) is 4.79 Å². The fourth-order valence-electron chi connectivity index (χ4n) is 2.29. The number of aliphatic hydroxyl groups excluding tert-OH is 1. The third-order valence-electron chi connectivity index (χ3n) is 3.27. The van der Waals surface area contributed by atoms with Gasteiger partial charge in [-0.1, -0.05) is 6.07 Å². The molecule has 7 nitrogen and oxygen atoms in total. The number of hydrogen-bond acceptors (Lipinski definition) is 5. The second-order valence-electron chi connectivity index (χ2n) is 4.56. The molecule has 2 rings (SSSR count). The van der Waals surface area contributed by atoms with Crippen molar-refractivity contribution in [3.63, 3.8) is 0 Å². The maximum absolute atomic E-state index is 12.3. The highest BCUT2D eigenvalue weighted by Gasteiger charge is 2.40. The minimum atomic E-state index is -1.18. The van der Waals surface area contributed by atoms with Crippen molar-refractivity contribution < 1.29 is 29.6 Å². The molecule has 0 aliphatic carbocycles. The van der Waals surface area contributed by atoms with Gasteiger partial charge in [0.25, 0.3) is 5.91 Å². The summed E-state index contributed by atoms with van der Waals surface area (Å²) in [5.41, 5.74) is -0.0512. The monoisotopic (exact) mass is 281 g/mol. The summed E-state index contributed by atoms with van der Waals surface area (Å²) in [4.78, 5) is 24.5. The van der Waals surface area contributed by atoms with E-state index in [9.17, 15) is 19.8 Å². The van der Waals surface area contributed by atoms with Crippen molar-refractivity contribution in [3.05, 3.63) is 23.8 Å². The van der Waals surface area contributed by atoms with E-state index in [2.05, 4.69) is 0 Å². The molecule has 0 unspecified atom stereocenters. The number of amides is 1. The lowest BCUT2D eigenvalue weighted by Crippen LogP contribution is -2.40. The molecule has 2 atom stereocenters. The number of aliphatic hydroxyl groups is 1. The van der Waals surface area contributed by atoms with Gasteiger partial charge < -0.3 is 25.0 Å². The van der Waals surface area contributed by atoms with Crippen LogP contribution >= 0.6 is 0 Å². The zero-order chi connectivity index (χ0) is 14.9. The highest BCUT2D eigenvalue weighted by molar-refractivity contribution is 5.99. The van der Waals surface area contributed by atoms with Crippen LogP contribution in [0.2, 0.25) is 0 Å². The maximum atomic E-state index is 12.3. The van der Waals surface area contributed by atoms with E-state index in [-0.39, 0.29) is 30.0 Å². The number of phenolic OH excluding ortho intramolecular Hbond substituents is 1. The number of β-amino-alcohol motifs (C(OH)–C–C–N with tert-alkyl or cyclic N) is 1. The number of para-hydroxylation sites is 1. The number of likely N-dealkylation sites (tertiary alicyclic amines) is 1. The van der Waals surface area contributed by atoms with E-state index in [1.54, 1.807) is 0 Å². The molecule has 1 aromatic carbocycles. The summed E-state index contributed by atoms with van der Waals surface area (Å²) >= 11 is 0. The van der Waals surface area contributed by atoms with Gasteiger partial charge in [0.1, 0.15) is 6.04 Å². The van der Waals surface area contributed by atoms with Crippen molar-refractivity contribution in [2.75, 3.05) is 13.7 Å². The second kappa shape index (κ2) is 5.38. The first-order chi connectivity index (χ1) is 9.45. The van der Waals surface area contributed by atoms with Gasteiger partial charge in [0.2, 0.25) is 0 Å². The number of carbonyl (C=O) groups excluding carboxylic acids is 1. The minimum Gasteiger partial charge on any atom is -0.504 e. The third-order valence-corrected chi connectivity index (χ3v) is 3.27. The first kappa shape index (κ1) is 14.1. The lowest BCUT2D eigenvalue weighted by molar-refractivity contribution is -0.141. The van der Waals surface area contributed by atoms with Crippen LogP contribution in [0.25, 0.3) is 0 Å². The van der Waals surface area contributed by atoms with Gasteiger partial charge >= 0.3 is 5.97 Å². The maximum Gasteiger partial charge on any atom is 0.326 e. The Hall–Kier alpha value is -2.28. The molecule has 7 heteroatoms. The van der Waals surface area contributed by atoms with Crippen LogP contribution in [0.4, 0.5) is 0 Å². The van der Waals surface area contributed by atoms with Gasteiger partial charge in [0.05, 0.1) is 18.8 Å². The van der Waals surface area contributed by atoms with Crippen LogP contribution in [0.15, 0.2) is 18.2 Å². The zero-order valence-electron chi connectivity index (χ0n) is 10.8. The molecule has 0 aromatic heterocycles. The minimum absolute atomic E-state index is 0.0220. The van der Waals surface area contributed by atoms with Crippen molar-refractivity contribution in [1.29, 1.82) is 0 Å². The predicted molar refractivity (Wildman–Crippen MR) is 67.7 cm³/mol. The molecule has 0 bridgehead atoms. The number of rotatable bonds is 3. The molecule has 20 heavy (non-hydrogen) atoms. The summed E-state index contributed by atoms with van der Waals surface area (Å²) < 4.78 is 4.91. The van der Waals surface area contributed by atoms with E-state index in [0.717, 1.165) is 4.90 Å². The molecule has 1 aromatic rings. The normalized spacial score (nSPS) is 21.8. The van der Waals surface area contributed by atoms with E-state index in [1.165, 1.54) is 25.3 Å². The molecule has 0 radical (unpaired) electrons. The molecular formula is C13H15NO6. The Bertz CT molecular complexity index is 544. The van der Waals surface area contributed by atoms with Crippen LogP contribution in [0.3, 0.4) is 0 Å². The van der Waals surface area contributed by atoms with Crippen LogP contribution < -0.4 is 4.74 Å². The van der Waals surface area contributed by atoms with Crippen LogP contribution in [0.1, 0.15) is 16.8 Å². The molecule has 3 N–H and O–H groups in total. The van der Waals surface area contributed by atoms with Crippen molar-refractivity contribution in [1.82, 2.24) is 4.90 Å². The summed E-state index contributed by atoms with van der Waals surface area (Å²) in [7, 11) is 1.35. The average molecular weight is 281 g/mol. The summed E-state index contributed by atoms with van der Waals surface area (Å²) in [6.07, 6.45) is -0.904. The summed E-state index contributed by atoms with van der Waals surface area (Å²) in [6, 6.07) is 3.29. The number of aromatic hydroxyl groups is 1. The highest BCUT2D eigenvalue weighted by Crippen LogP contribution is 2.32. The molecule has 1 saturated heterocycles. The van der Waals surface area contributed by atoms with Crippen molar-refractivity contribution in [2.24, 2.45) is 0 Å². The van der Waals surface area contributed by atoms with Crippen LogP contribution in [0.5, 0.6) is 11.5 Å². The molecule has 0 saturated carbocycles. The molecule has 1 aliphatic heterocycles. The predicted octanol–water partition coefficient (Wildman–Crippen LogP) is 0.0608.